The van der Waals surface area contributed by atoms with E-state index in [2.05, 4.69) is 15.4 Å². The Morgan fingerprint density at radius 1 is 1.03 bits per heavy atom. The number of rotatable bonds is 9. The van der Waals surface area contributed by atoms with Gasteiger partial charge in [0.25, 0.3) is 5.91 Å². The van der Waals surface area contributed by atoms with E-state index in [0.29, 0.717) is 5.92 Å². The Morgan fingerprint density at radius 2 is 1.75 bits per heavy atom. The van der Waals surface area contributed by atoms with Crippen molar-refractivity contribution in [2.75, 3.05) is 13.7 Å². The van der Waals surface area contributed by atoms with E-state index in [1.54, 1.807) is 0 Å². The van der Waals surface area contributed by atoms with E-state index in [-0.39, 0.29) is 35.6 Å². The third-order valence-corrected chi connectivity index (χ3v) is 5.65. The number of methoxy groups -OCH3 is 1. The van der Waals surface area contributed by atoms with Crippen LogP contribution in [0.3, 0.4) is 0 Å². The molecule has 2 aromatic carbocycles. The van der Waals surface area contributed by atoms with E-state index in [4.69, 9.17) is 4.74 Å². The average Bonchev–Trinajstić information content (AvgIpc) is 2.82. The van der Waals surface area contributed by atoms with Crippen molar-refractivity contribution in [3.63, 3.8) is 0 Å². The van der Waals surface area contributed by atoms with E-state index < -0.39 is 12.5 Å². The standard InChI is InChI=1S/C24H28F2N2O4/c1-31-20-14-18(12-13-19(20)32-24(25)26)23(30)27-15-21(29)28-22(16-8-4-2-5-9-16)17-10-6-3-7-11-17/h2,4-5,8-9,12-14,17,22,24H,3,6-7,10-11,15H2,1H3,(H,27,30)(H,28,29). The summed E-state index contributed by atoms with van der Waals surface area (Å²) in [7, 11) is 1.29. The second kappa shape index (κ2) is 11.5. The number of carbonyl (C=O) groups is 2. The SMILES string of the molecule is COc1cc(C(=O)NCC(=O)NC(c2ccccc2)C2CCCCC2)ccc1OC(F)F. The zero-order valence-corrected chi connectivity index (χ0v) is 18.0. The Balaban J connectivity index is 1.61. The summed E-state index contributed by atoms with van der Waals surface area (Å²) in [6.07, 6.45) is 5.62. The number of amides is 2. The van der Waals surface area contributed by atoms with Gasteiger partial charge in [0.1, 0.15) is 0 Å². The van der Waals surface area contributed by atoms with E-state index >= 15 is 0 Å². The second-order valence-electron chi connectivity index (χ2n) is 7.78. The van der Waals surface area contributed by atoms with Crippen molar-refractivity contribution >= 4 is 11.8 Å². The molecule has 1 aliphatic rings. The van der Waals surface area contributed by atoms with Gasteiger partial charge in [-0.15, -0.1) is 0 Å². The minimum Gasteiger partial charge on any atom is -0.493 e. The molecule has 8 heteroatoms. The van der Waals surface area contributed by atoms with Crippen LogP contribution in [0.2, 0.25) is 0 Å². The first-order chi connectivity index (χ1) is 15.5. The second-order valence-corrected chi connectivity index (χ2v) is 7.78. The fraction of sp³-hybridized carbons (Fsp3) is 0.417. The molecule has 0 aliphatic heterocycles. The highest BCUT2D eigenvalue weighted by atomic mass is 19.3. The molecule has 172 valence electrons. The van der Waals surface area contributed by atoms with Crippen molar-refractivity contribution < 1.29 is 27.8 Å². The fourth-order valence-electron chi connectivity index (χ4n) is 4.09. The van der Waals surface area contributed by atoms with Gasteiger partial charge in [-0.1, -0.05) is 49.6 Å². The maximum Gasteiger partial charge on any atom is 0.387 e. The molecule has 0 heterocycles. The lowest BCUT2D eigenvalue weighted by atomic mass is 9.81. The molecule has 2 amide bonds. The zero-order valence-electron chi connectivity index (χ0n) is 18.0. The van der Waals surface area contributed by atoms with E-state index in [1.807, 2.05) is 30.3 Å². The van der Waals surface area contributed by atoms with Crippen LogP contribution in [0, 0.1) is 5.92 Å². The van der Waals surface area contributed by atoms with Gasteiger partial charge in [0.15, 0.2) is 11.5 Å². The minimum absolute atomic E-state index is 0.00356. The number of benzene rings is 2. The Morgan fingerprint density at radius 3 is 2.41 bits per heavy atom. The molecule has 3 rings (SSSR count). The normalized spacial score (nSPS) is 15.1. The Labute approximate surface area is 186 Å². The number of carbonyl (C=O) groups excluding carboxylic acids is 2. The number of halogens is 2. The van der Waals surface area contributed by atoms with Crippen LogP contribution in [0.25, 0.3) is 0 Å². The lowest BCUT2D eigenvalue weighted by Gasteiger charge is -2.31. The molecule has 0 bridgehead atoms. The summed E-state index contributed by atoms with van der Waals surface area (Å²) in [5.74, 6) is -0.616. The van der Waals surface area contributed by atoms with Gasteiger partial charge in [-0.2, -0.15) is 8.78 Å². The fourth-order valence-corrected chi connectivity index (χ4v) is 4.09. The summed E-state index contributed by atoms with van der Waals surface area (Å²) in [5.41, 5.74) is 1.22. The molecule has 1 saturated carbocycles. The highest BCUT2D eigenvalue weighted by molar-refractivity contribution is 5.97. The van der Waals surface area contributed by atoms with Crippen LogP contribution < -0.4 is 20.1 Å². The zero-order chi connectivity index (χ0) is 22.9. The number of hydrogen-bond donors (Lipinski definition) is 2. The van der Waals surface area contributed by atoms with E-state index in [1.165, 1.54) is 31.7 Å². The predicted octanol–water partition coefficient (Wildman–Crippen LogP) is 4.46. The first-order valence-electron chi connectivity index (χ1n) is 10.7. The minimum atomic E-state index is -3.01. The van der Waals surface area contributed by atoms with Crippen molar-refractivity contribution in [2.24, 2.45) is 5.92 Å². The maximum absolute atomic E-state index is 12.6. The highest BCUT2D eigenvalue weighted by Gasteiger charge is 2.26. The monoisotopic (exact) mass is 446 g/mol. The highest BCUT2D eigenvalue weighted by Crippen LogP contribution is 2.34. The Bertz CT molecular complexity index is 902. The number of ether oxygens (including phenoxy) is 2. The molecule has 2 aromatic rings. The first-order valence-corrected chi connectivity index (χ1v) is 10.7. The molecule has 0 spiro atoms. The summed E-state index contributed by atoms with van der Waals surface area (Å²) in [6.45, 7) is -3.21. The summed E-state index contributed by atoms with van der Waals surface area (Å²) in [5, 5.41) is 5.66. The molecule has 1 fully saturated rings. The van der Waals surface area contributed by atoms with Gasteiger partial charge in [0, 0.05) is 5.56 Å². The Hall–Kier alpha value is -3.16. The van der Waals surface area contributed by atoms with E-state index in [9.17, 15) is 18.4 Å². The van der Waals surface area contributed by atoms with Crippen LogP contribution in [-0.2, 0) is 4.79 Å². The molecule has 0 radical (unpaired) electrons. The number of nitrogens with one attached hydrogen (secondary N) is 2. The first kappa shape index (κ1) is 23.5. The Kier molecular flexibility index (Phi) is 8.41. The third-order valence-electron chi connectivity index (χ3n) is 5.65. The van der Waals surface area contributed by atoms with Crippen molar-refractivity contribution in [3.8, 4) is 11.5 Å². The lowest BCUT2D eigenvalue weighted by molar-refractivity contribution is -0.121. The maximum atomic E-state index is 12.6. The molecular formula is C24H28F2N2O4. The molecule has 1 aliphatic carbocycles. The molecule has 1 unspecified atom stereocenters. The van der Waals surface area contributed by atoms with Gasteiger partial charge in [-0.05, 0) is 42.5 Å². The summed E-state index contributed by atoms with van der Waals surface area (Å²) in [6, 6.07) is 13.6. The smallest absolute Gasteiger partial charge is 0.387 e. The van der Waals surface area contributed by atoms with Crippen molar-refractivity contribution in [1.29, 1.82) is 0 Å². The topological polar surface area (TPSA) is 76.7 Å². The van der Waals surface area contributed by atoms with Gasteiger partial charge in [-0.25, -0.2) is 0 Å². The van der Waals surface area contributed by atoms with E-state index in [0.717, 1.165) is 31.2 Å². The van der Waals surface area contributed by atoms with Crippen molar-refractivity contribution in [3.05, 3.63) is 59.7 Å². The van der Waals surface area contributed by atoms with Crippen LogP contribution in [-0.4, -0.2) is 32.1 Å². The van der Waals surface area contributed by atoms with Crippen molar-refractivity contribution in [2.45, 2.75) is 44.8 Å². The molecule has 0 saturated heterocycles. The van der Waals surface area contributed by atoms with Crippen LogP contribution in [0.5, 0.6) is 11.5 Å². The molecular weight excluding hydrogens is 418 g/mol. The predicted molar refractivity (Wildman–Crippen MR) is 116 cm³/mol. The molecule has 2 N–H and O–H groups in total. The van der Waals surface area contributed by atoms with Gasteiger partial charge in [0.2, 0.25) is 5.91 Å². The third kappa shape index (κ3) is 6.42. The largest absolute Gasteiger partial charge is 0.493 e. The summed E-state index contributed by atoms with van der Waals surface area (Å²) < 4.78 is 34.3. The van der Waals surface area contributed by atoms with Gasteiger partial charge >= 0.3 is 6.61 Å². The molecule has 32 heavy (non-hydrogen) atoms. The van der Waals surface area contributed by atoms with Crippen LogP contribution >= 0.6 is 0 Å². The van der Waals surface area contributed by atoms with Gasteiger partial charge in [0.05, 0.1) is 19.7 Å². The van der Waals surface area contributed by atoms with Crippen LogP contribution in [0.1, 0.15) is 54.1 Å². The van der Waals surface area contributed by atoms with Crippen LogP contribution in [0.4, 0.5) is 8.78 Å². The van der Waals surface area contributed by atoms with Gasteiger partial charge < -0.3 is 20.1 Å². The van der Waals surface area contributed by atoms with Crippen molar-refractivity contribution in [1.82, 2.24) is 10.6 Å². The lowest BCUT2D eigenvalue weighted by Crippen LogP contribution is -2.41. The molecule has 0 aromatic heterocycles. The summed E-state index contributed by atoms with van der Waals surface area (Å²) in [4.78, 5) is 25.1. The molecule has 6 nitrogen and oxygen atoms in total. The molecule has 1 atom stereocenters. The summed E-state index contributed by atoms with van der Waals surface area (Å²) >= 11 is 0. The number of alkyl halides is 2. The van der Waals surface area contributed by atoms with Crippen LogP contribution in [0.15, 0.2) is 48.5 Å². The van der Waals surface area contributed by atoms with Gasteiger partial charge in [-0.3, -0.25) is 9.59 Å². The number of hydrogen-bond acceptors (Lipinski definition) is 4. The quantitative estimate of drug-likeness (QED) is 0.596. The average molecular weight is 446 g/mol.